The first-order valence-electron chi connectivity index (χ1n) is 2.99. The van der Waals surface area contributed by atoms with E-state index in [0.717, 1.165) is 15.9 Å². The summed E-state index contributed by atoms with van der Waals surface area (Å²) in [4.78, 5) is 2.53. The van der Waals surface area contributed by atoms with E-state index in [1.54, 1.807) is 0 Å². The van der Waals surface area contributed by atoms with Crippen LogP contribution in [0.3, 0.4) is 0 Å². The summed E-state index contributed by atoms with van der Waals surface area (Å²) in [5.74, 6) is 0. The molecule has 2 aromatic rings. The van der Waals surface area contributed by atoms with Gasteiger partial charge in [0.25, 0.3) is 0 Å². The number of nitrogens with one attached hydrogen (secondary N) is 1. The third kappa shape index (κ3) is 1.04. The van der Waals surface area contributed by atoms with E-state index in [9.17, 15) is 0 Å². The maximum Gasteiger partial charge on any atom is 0.130 e. The van der Waals surface area contributed by atoms with Gasteiger partial charge in [0.05, 0.1) is 10.4 Å². The zero-order valence-electron chi connectivity index (χ0n) is 5.41. The Morgan fingerprint density at radius 2 is 2.36 bits per heavy atom. The van der Waals surface area contributed by atoms with E-state index in [-0.39, 0.29) is 0 Å². The quantitative estimate of drug-likeness (QED) is 0.693. The van der Waals surface area contributed by atoms with Crippen molar-refractivity contribution in [3.8, 4) is 0 Å². The van der Waals surface area contributed by atoms with Crippen LogP contribution < -0.4 is 4.84 Å². The first kappa shape index (κ1) is 6.82. The molecule has 1 N–H and O–H groups in total. The minimum absolute atomic E-state index is 0.804. The molecular weight excluding hydrogens is 182 g/mol. The van der Waals surface area contributed by atoms with E-state index in [0.29, 0.717) is 0 Å². The summed E-state index contributed by atoms with van der Waals surface area (Å²) in [5.41, 5.74) is 1.63. The molecule has 0 amide bonds. The summed E-state index contributed by atoms with van der Waals surface area (Å²) in [6.45, 7) is 0. The highest BCUT2D eigenvalue weighted by atomic mass is 35.5. The van der Waals surface area contributed by atoms with Gasteiger partial charge < -0.3 is 0 Å². The molecule has 0 aliphatic heterocycles. The number of fused-ring (bicyclic) bond motifs is 1. The van der Waals surface area contributed by atoms with Crippen LogP contribution in [-0.2, 0) is 0 Å². The molecule has 11 heavy (non-hydrogen) atoms. The fourth-order valence-electron chi connectivity index (χ4n) is 0.881. The van der Waals surface area contributed by atoms with Crippen LogP contribution in [0.25, 0.3) is 10.2 Å². The predicted molar refractivity (Wildman–Crippen MR) is 46.9 cm³/mol. The summed E-state index contributed by atoms with van der Waals surface area (Å²) in [7, 11) is 0. The van der Waals surface area contributed by atoms with E-state index in [4.69, 9.17) is 11.8 Å². The minimum atomic E-state index is 0.804. The molecule has 3 nitrogen and oxygen atoms in total. The van der Waals surface area contributed by atoms with Crippen LogP contribution in [0.1, 0.15) is 0 Å². The second kappa shape index (κ2) is 2.64. The van der Waals surface area contributed by atoms with Gasteiger partial charge in [0, 0.05) is 11.8 Å². The van der Waals surface area contributed by atoms with E-state index in [1.165, 1.54) is 11.5 Å². The summed E-state index contributed by atoms with van der Waals surface area (Å²) in [6.07, 6.45) is 0. The van der Waals surface area contributed by atoms with Crippen LogP contribution >= 0.6 is 23.3 Å². The second-order valence-electron chi connectivity index (χ2n) is 2.02. The Morgan fingerprint density at radius 1 is 1.45 bits per heavy atom. The van der Waals surface area contributed by atoms with Gasteiger partial charge in [-0.25, -0.2) is 0 Å². The number of aromatic nitrogens is 2. The molecule has 0 saturated heterocycles. The van der Waals surface area contributed by atoms with Gasteiger partial charge in [-0.1, -0.05) is 10.6 Å². The Labute approximate surface area is 72.3 Å². The smallest absolute Gasteiger partial charge is 0.130 e. The van der Waals surface area contributed by atoms with Crippen LogP contribution in [-0.4, -0.2) is 9.59 Å². The van der Waals surface area contributed by atoms with Crippen LogP contribution in [0.4, 0.5) is 5.69 Å². The molecule has 0 fully saturated rings. The lowest BCUT2D eigenvalue weighted by atomic mass is 10.3. The molecule has 0 aliphatic rings. The normalized spacial score (nSPS) is 10.3. The van der Waals surface area contributed by atoms with Crippen molar-refractivity contribution >= 4 is 39.2 Å². The Balaban J connectivity index is 2.79. The highest BCUT2D eigenvalue weighted by Gasteiger charge is 2.01. The minimum Gasteiger partial charge on any atom is -0.296 e. The standard InChI is InChI=1S/C6H4ClN3S/c7-8-4-2-1-3-5-6(4)9-10-11-5/h1-3,8H. The third-order valence-electron chi connectivity index (χ3n) is 1.38. The van der Waals surface area contributed by atoms with Gasteiger partial charge in [-0.05, 0) is 23.7 Å². The first-order valence-corrected chi connectivity index (χ1v) is 4.14. The van der Waals surface area contributed by atoms with E-state index in [1.807, 2.05) is 18.2 Å². The number of rotatable bonds is 1. The number of hydrogen-bond donors (Lipinski definition) is 1. The number of benzene rings is 1. The highest BCUT2D eigenvalue weighted by molar-refractivity contribution is 7.13. The zero-order valence-corrected chi connectivity index (χ0v) is 6.99. The summed E-state index contributed by atoms with van der Waals surface area (Å²) < 4.78 is 4.84. The Kier molecular flexibility index (Phi) is 1.63. The van der Waals surface area contributed by atoms with Crippen molar-refractivity contribution in [1.82, 2.24) is 9.59 Å². The fraction of sp³-hybridized carbons (Fsp3) is 0. The van der Waals surface area contributed by atoms with Gasteiger partial charge in [0.2, 0.25) is 0 Å². The van der Waals surface area contributed by atoms with Crippen molar-refractivity contribution in [2.24, 2.45) is 0 Å². The van der Waals surface area contributed by atoms with E-state index in [2.05, 4.69) is 14.4 Å². The van der Waals surface area contributed by atoms with Crippen molar-refractivity contribution < 1.29 is 0 Å². The molecule has 0 aliphatic carbocycles. The zero-order chi connectivity index (χ0) is 7.68. The van der Waals surface area contributed by atoms with E-state index < -0.39 is 0 Å². The van der Waals surface area contributed by atoms with Gasteiger partial charge in [-0.2, -0.15) is 0 Å². The molecule has 5 heteroatoms. The number of hydrogen-bond acceptors (Lipinski definition) is 4. The van der Waals surface area contributed by atoms with Gasteiger partial charge in [0.15, 0.2) is 0 Å². The number of anilines is 1. The maximum atomic E-state index is 5.45. The first-order chi connectivity index (χ1) is 5.42. The third-order valence-corrected chi connectivity index (χ3v) is 2.27. The Hall–Kier alpha value is -0.870. The van der Waals surface area contributed by atoms with Crippen molar-refractivity contribution in [3.05, 3.63) is 18.2 Å². The lowest BCUT2D eigenvalue weighted by Crippen LogP contribution is -1.80. The highest BCUT2D eigenvalue weighted by Crippen LogP contribution is 2.23. The molecule has 2 rings (SSSR count). The summed E-state index contributed by atoms with van der Waals surface area (Å²) in [5, 5.41) is 3.91. The molecule has 1 aromatic heterocycles. The van der Waals surface area contributed by atoms with Gasteiger partial charge in [-0.15, -0.1) is 5.10 Å². The van der Waals surface area contributed by atoms with Gasteiger partial charge in [0.1, 0.15) is 5.52 Å². The molecule has 0 spiro atoms. The predicted octanol–water partition coefficient (Wildman–Crippen LogP) is 2.26. The van der Waals surface area contributed by atoms with Crippen molar-refractivity contribution in [3.63, 3.8) is 0 Å². The monoisotopic (exact) mass is 185 g/mol. The molecule has 56 valence electrons. The van der Waals surface area contributed by atoms with E-state index >= 15 is 0 Å². The average Bonchev–Trinajstić information content (AvgIpc) is 2.50. The molecular formula is C6H4ClN3S. The Bertz CT molecular complexity index is 373. The fourth-order valence-corrected chi connectivity index (χ4v) is 1.62. The summed E-state index contributed by atoms with van der Waals surface area (Å²) in [6, 6.07) is 5.72. The molecule has 0 unspecified atom stereocenters. The van der Waals surface area contributed by atoms with Crippen LogP contribution in [0, 0.1) is 0 Å². The molecule has 0 atom stereocenters. The van der Waals surface area contributed by atoms with Gasteiger partial charge in [-0.3, -0.25) is 4.84 Å². The van der Waals surface area contributed by atoms with Crippen LogP contribution in [0.15, 0.2) is 18.2 Å². The van der Waals surface area contributed by atoms with Crippen molar-refractivity contribution in [2.45, 2.75) is 0 Å². The maximum absolute atomic E-state index is 5.45. The molecule has 1 aromatic carbocycles. The lowest BCUT2D eigenvalue weighted by molar-refractivity contribution is 1.20. The van der Waals surface area contributed by atoms with Crippen molar-refractivity contribution in [1.29, 1.82) is 0 Å². The Morgan fingerprint density at radius 3 is 3.18 bits per heavy atom. The summed E-state index contributed by atoms with van der Waals surface area (Å²) >= 11 is 6.81. The van der Waals surface area contributed by atoms with Crippen molar-refractivity contribution in [2.75, 3.05) is 4.84 Å². The van der Waals surface area contributed by atoms with Crippen LogP contribution in [0.5, 0.6) is 0 Å². The number of nitrogens with zero attached hydrogens (tertiary/aromatic N) is 2. The molecule has 0 saturated carbocycles. The lowest BCUT2D eigenvalue weighted by Gasteiger charge is -1.94. The second-order valence-corrected chi connectivity index (χ2v) is 2.99. The average molecular weight is 186 g/mol. The molecule has 1 heterocycles. The topological polar surface area (TPSA) is 37.8 Å². The molecule has 0 bridgehead atoms. The van der Waals surface area contributed by atoms with Crippen LogP contribution in [0.2, 0.25) is 0 Å². The molecule has 0 radical (unpaired) electrons. The van der Waals surface area contributed by atoms with Gasteiger partial charge >= 0.3 is 0 Å². The largest absolute Gasteiger partial charge is 0.296 e. The SMILES string of the molecule is ClNc1cccc2snnc12. The number of halogens is 1.